The third kappa shape index (κ3) is 2.27. The third-order valence-electron chi connectivity index (χ3n) is 4.97. The van der Waals surface area contributed by atoms with E-state index in [1.807, 2.05) is 6.07 Å². The van der Waals surface area contributed by atoms with E-state index in [4.69, 9.17) is 0 Å². The van der Waals surface area contributed by atoms with Crippen LogP contribution in [0.2, 0.25) is 0 Å². The van der Waals surface area contributed by atoms with Gasteiger partial charge in [-0.05, 0) is 55.0 Å². The second-order valence-corrected chi connectivity index (χ2v) is 6.47. The summed E-state index contributed by atoms with van der Waals surface area (Å²) in [6, 6.07) is 12.6. The number of nitrogens with one attached hydrogen (secondary N) is 1. The van der Waals surface area contributed by atoms with Crippen molar-refractivity contribution in [2.24, 2.45) is 0 Å². The van der Waals surface area contributed by atoms with E-state index < -0.39 is 0 Å². The van der Waals surface area contributed by atoms with Crippen LogP contribution in [0.15, 0.2) is 36.4 Å². The van der Waals surface area contributed by atoms with Gasteiger partial charge < -0.3 is 4.98 Å². The van der Waals surface area contributed by atoms with Crippen molar-refractivity contribution in [1.29, 1.82) is 0 Å². The fourth-order valence-electron chi connectivity index (χ4n) is 3.85. The molecule has 0 saturated carbocycles. The van der Waals surface area contributed by atoms with Crippen LogP contribution in [0, 0.1) is 6.92 Å². The molecule has 116 valence electrons. The highest BCUT2D eigenvalue weighted by atomic mass is 16.1. The number of pyridine rings is 1. The molecule has 0 aliphatic heterocycles. The predicted molar refractivity (Wildman–Crippen MR) is 92.1 cm³/mol. The lowest BCUT2D eigenvalue weighted by Gasteiger charge is -2.25. The molecule has 1 N–H and O–H groups in total. The number of carbonyl (C=O) groups is 1. The van der Waals surface area contributed by atoms with Gasteiger partial charge in [0.2, 0.25) is 0 Å². The minimum absolute atomic E-state index is 0.00919. The van der Waals surface area contributed by atoms with Crippen molar-refractivity contribution in [3.8, 4) is 0 Å². The van der Waals surface area contributed by atoms with Crippen molar-refractivity contribution in [3.05, 3.63) is 64.5 Å². The van der Waals surface area contributed by atoms with Gasteiger partial charge >= 0.3 is 0 Å². The number of Topliss-reactive ketones (excluding diaryl/α,β-unsaturated/α-hetero) is 1. The third-order valence-corrected chi connectivity index (χ3v) is 4.97. The average Bonchev–Trinajstić information content (AvgIpc) is 2.93. The SMILES string of the molecule is CC(=O)c1ccc2c3c([nH]c2n1)CCCC3c1ccccc1C. The van der Waals surface area contributed by atoms with E-state index >= 15 is 0 Å². The first-order valence-corrected chi connectivity index (χ1v) is 8.23. The number of aryl methyl sites for hydroxylation is 2. The molecular formula is C20H20N2O. The number of hydrogen-bond acceptors (Lipinski definition) is 2. The van der Waals surface area contributed by atoms with Gasteiger partial charge in [0, 0.05) is 23.9 Å². The van der Waals surface area contributed by atoms with E-state index in [1.54, 1.807) is 6.92 Å². The molecule has 1 aromatic carbocycles. The molecule has 0 bridgehead atoms. The number of rotatable bonds is 2. The molecule has 4 rings (SSSR count). The van der Waals surface area contributed by atoms with Gasteiger partial charge in [-0.3, -0.25) is 4.79 Å². The number of hydrogen-bond donors (Lipinski definition) is 1. The summed E-state index contributed by atoms with van der Waals surface area (Å²) in [6.07, 6.45) is 3.40. The van der Waals surface area contributed by atoms with E-state index in [1.165, 1.54) is 35.2 Å². The van der Waals surface area contributed by atoms with E-state index in [0.29, 0.717) is 11.6 Å². The first kappa shape index (κ1) is 14.2. The lowest BCUT2D eigenvalue weighted by molar-refractivity contribution is 0.101. The van der Waals surface area contributed by atoms with Crippen molar-refractivity contribution in [1.82, 2.24) is 9.97 Å². The Balaban J connectivity index is 1.92. The molecule has 1 atom stereocenters. The van der Waals surface area contributed by atoms with Crippen LogP contribution in [0.3, 0.4) is 0 Å². The Bertz CT molecular complexity index is 907. The number of benzene rings is 1. The second-order valence-electron chi connectivity index (χ2n) is 6.47. The molecule has 0 spiro atoms. The van der Waals surface area contributed by atoms with Gasteiger partial charge in [0.15, 0.2) is 5.78 Å². The largest absolute Gasteiger partial charge is 0.343 e. The zero-order valence-corrected chi connectivity index (χ0v) is 13.5. The van der Waals surface area contributed by atoms with Gasteiger partial charge in [-0.2, -0.15) is 0 Å². The Morgan fingerprint density at radius 3 is 2.83 bits per heavy atom. The summed E-state index contributed by atoms with van der Waals surface area (Å²) in [5.74, 6) is 0.425. The zero-order valence-electron chi connectivity index (χ0n) is 13.5. The lowest BCUT2D eigenvalue weighted by atomic mass is 9.79. The molecule has 0 fully saturated rings. The summed E-state index contributed by atoms with van der Waals surface area (Å²) >= 11 is 0. The van der Waals surface area contributed by atoms with Crippen LogP contribution in [-0.4, -0.2) is 15.8 Å². The molecule has 0 amide bonds. The standard InChI is InChI=1S/C20H20N2O/c1-12-6-3-4-7-14(12)15-8-5-9-18-19(15)16-10-11-17(13(2)23)21-20(16)22-18/h3-4,6-7,10-11,15H,5,8-9H2,1-2H3,(H,21,22). The molecule has 1 unspecified atom stereocenters. The van der Waals surface area contributed by atoms with Crippen LogP contribution < -0.4 is 0 Å². The molecule has 0 saturated heterocycles. The van der Waals surface area contributed by atoms with Crippen molar-refractivity contribution in [2.75, 3.05) is 0 Å². The van der Waals surface area contributed by atoms with Crippen LogP contribution in [0.4, 0.5) is 0 Å². The first-order valence-electron chi connectivity index (χ1n) is 8.23. The predicted octanol–water partition coefficient (Wildman–Crippen LogP) is 4.54. The monoisotopic (exact) mass is 304 g/mol. The van der Waals surface area contributed by atoms with E-state index in [2.05, 4.69) is 47.2 Å². The quantitative estimate of drug-likeness (QED) is 0.706. The molecule has 3 heteroatoms. The van der Waals surface area contributed by atoms with Crippen molar-refractivity contribution in [3.63, 3.8) is 0 Å². The maximum Gasteiger partial charge on any atom is 0.178 e. The smallest absolute Gasteiger partial charge is 0.178 e. The van der Waals surface area contributed by atoms with Gasteiger partial charge in [-0.1, -0.05) is 24.3 Å². The van der Waals surface area contributed by atoms with E-state index in [9.17, 15) is 4.79 Å². The molecule has 1 aliphatic rings. The van der Waals surface area contributed by atoms with Gasteiger partial charge in [0.25, 0.3) is 0 Å². The summed E-state index contributed by atoms with van der Waals surface area (Å²) < 4.78 is 0. The molecule has 0 radical (unpaired) electrons. The highest BCUT2D eigenvalue weighted by molar-refractivity contribution is 5.95. The molecule has 3 aromatic rings. The number of aromatic amines is 1. The Hall–Kier alpha value is -2.42. The maximum absolute atomic E-state index is 11.6. The number of H-pyrrole nitrogens is 1. The molecule has 3 nitrogen and oxygen atoms in total. The first-order chi connectivity index (χ1) is 11.1. The van der Waals surface area contributed by atoms with Crippen molar-refractivity contribution < 1.29 is 4.79 Å². The zero-order chi connectivity index (χ0) is 16.0. The van der Waals surface area contributed by atoms with Crippen molar-refractivity contribution in [2.45, 2.75) is 39.0 Å². The summed E-state index contributed by atoms with van der Waals surface area (Å²) in [5, 5.41) is 1.16. The molecule has 23 heavy (non-hydrogen) atoms. The number of fused-ring (bicyclic) bond motifs is 3. The van der Waals surface area contributed by atoms with Crippen LogP contribution >= 0.6 is 0 Å². The van der Waals surface area contributed by atoms with Crippen LogP contribution in [0.1, 0.15) is 58.6 Å². The van der Waals surface area contributed by atoms with Gasteiger partial charge in [0.1, 0.15) is 11.3 Å². The number of ketones is 1. The topological polar surface area (TPSA) is 45.8 Å². The lowest BCUT2D eigenvalue weighted by Crippen LogP contribution is -2.11. The Morgan fingerprint density at radius 2 is 2.04 bits per heavy atom. The Kier molecular flexibility index (Phi) is 3.29. The minimum atomic E-state index is 0.00919. The van der Waals surface area contributed by atoms with Crippen molar-refractivity contribution >= 4 is 16.8 Å². The summed E-state index contributed by atoms with van der Waals surface area (Å²) in [5.41, 5.74) is 6.79. The van der Waals surface area contributed by atoms with E-state index in [-0.39, 0.29) is 5.78 Å². The molecule has 1 aliphatic carbocycles. The highest BCUT2D eigenvalue weighted by Gasteiger charge is 2.27. The fraction of sp³-hybridized carbons (Fsp3) is 0.300. The van der Waals surface area contributed by atoms with Crippen LogP contribution in [0.25, 0.3) is 11.0 Å². The fourth-order valence-corrected chi connectivity index (χ4v) is 3.85. The summed E-state index contributed by atoms with van der Waals surface area (Å²) in [4.78, 5) is 19.6. The molecule has 2 aromatic heterocycles. The average molecular weight is 304 g/mol. The van der Waals surface area contributed by atoms with Crippen LogP contribution in [0.5, 0.6) is 0 Å². The van der Waals surface area contributed by atoms with Gasteiger partial charge in [-0.15, -0.1) is 0 Å². The minimum Gasteiger partial charge on any atom is -0.343 e. The number of carbonyl (C=O) groups excluding carboxylic acids is 1. The Labute approximate surface area is 135 Å². The van der Waals surface area contributed by atoms with Gasteiger partial charge in [-0.25, -0.2) is 4.98 Å². The Morgan fingerprint density at radius 1 is 1.22 bits per heavy atom. The maximum atomic E-state index is 11.6. The highest BCUT2D eigenvalue weighted by Crippen LogP contribution is 2.41. The van der Waals surface area contributed by atoms with Gasteiger partial charge in [0.05, 0.1) is 0 Å². The normalized spacial score (nSPS) is 17.2. The molecular weight excluding hydrogens is 284 g/mol. The summed E-state index contributed by atoms with van der Waals surface area (Å²) in [6.45, 7) is 3.75. The second kappa shape index (κ2) is 5.34. The molecule has 2 heterocycles. The van der Waals surface area contributed by atoms with Crippen LogP contribution in [-0.2, 0) is 6.42 Å². The summed E-state index contributed by atoms with van der Waals surface area (Å²) in [7, 11) is 0. The number of aromatic nitrogens is 2. The number of nitrogens with zero attached hydrogens (tertiary/aromatic N) is 1. The van der Waals surface area contributed by atoms with E-state index in [0.717, 1.165) is 17.5 Å².